The van der Waals surface area contributed by atoms with Gasteiger partial charge in [-0.2, -0.15) is 0 Å². The van der Waals surface area contributed by atoms with Gasteiger partial charge in [-0.25, -0.2) is 0 Å². The van der Waals surface area contributed by atoms with Crippen molar-refractivity contribution in [3.05, 3.63) is 0 Å². The second-order valence-electron chi connectivity index (χ2n) is 12.4. The van der Waals surface area contributed by atoms with E-state index in [-0.39, 0.29) is 19.8 Å². The Morgan fingerprint density at radius 2 is 1.27 bits per heavy atom. The minimum Gasteiger partial charge on any atom is -0.394 e. The summed E-state index contributed by atoms with van der Waals surface area (Å²) in [6, 6.07) is -1.13. The molecule has 48 heavy (non-hydrogen) atoms. The molecule has 282 valence electrons. The van der Waals surface area contributed by atoms with Crippen molar-refractivity contribution in [2.24, 2.45) is 5.73 Å². The fourth-order valence-corrected chi connectivity index (χ4v) is 5.93. The van der Waals surface area contributed by atoms with Gasteiger partial charge in [-0.1, -0.05) is 39.0 Å². The standard InChI is InChI=1S/C30H56N2O16/c1-3-4-5-6-7-8-10-43-28-19(32-15(2)35)22(38)26(18(46-28)14-42-11-9-31)47-30-25(41)27(21(37)17(13-34)45-30)48-29-24(40)23(39)20(36)16(12-33)44-29/h16-30,33-34,36-41H,3-14,31H2,1-2H3,(H,32,35)/t16-,17-,18-,19-,20+,21+,22-,23+,24-,25-,26-,27+,28-,29-,30+/m1/s1. The smallest absolute Gasteiger partial charge is 0.217 e. The van der Waals surface area contributed by atoms with E-state index in [1.54, 1.807) is 0 Å². The van der Waals surface area contributed by atoms with E-state index >= 15 is 0 Å². The molecule has 0 saturated carbocycles. The van der Waals surface area contributed by atoms with Gasteiger partial charge in [0.05, 0.1) is 26.4 Å². The van der Waals surface area contributed by atoms with Gasteiger partial charge in [0.25, 0.3) is 0 Å². The van der Waals surface area contributed by atoms with E-state index in [1.165, 1.54) is 6.92 Å². The maximum atomic E-state index is 12.2. The molecule has 0 aromatic carbocycles. The van der Waals surface area contributed by atoms with Crippen LogP contribution in [-0.4, -0.2) is 178 Å². The molecule has 15 atom stereocenters. The number of nitrogens with two attached hydrogens (primary N) is 1. The highest BCUT2D eigenvalue weighted by atomic mass is 16.8. The molecule has 1 amide bonds. The van der Waals surface area contributed by atoms with E-state index < -0.39 is 111 Å². The van der Waals surface area contributed by atoms with Gasteiger partial charge in [-0.05, 0) is 6.42 Å². The second kappa shape index (κ2) is 20.6. The quantitative estimate of drug-likeness (QED) is 0.0574. The third kappa shape index (κ3) is 10.9. The molecular formula is C30H56N2O16. The summed E-state index contributed by atoms with van der Waals surface area (Å²) in [7, 11) is 0. The molecule has 3 rings (SSSR count). The van der Waals surface area contributed by atoms with Crippen molar-refractivity contribution in [1.82, 2.24) is 5.32 Å². The molecule has 0 spiro atoms. The van der Waals surface area contributed by atoms with Crippen LogP contribution in [0.15, 0.2) is 0 Å². The predicted octanol–water partition coefficient (Wildman–Crippen LogP) is -4.06. The Bertz CT molecular complexity index is 922. The highest BCUT2D eigenvalue weighted by Gasteiger charge is 2.54. The summed E-state index contributed by atoms with van der Waals surface area (Å²) < 4.78 is 40.4. The van der Waals surface area contributed by atoms with Gasteiger partial charge in [-0.15, -0.1) is 0 Å². The molecule has 18 nitrogen and oxygen atoms in total. The summed E-state index contributed by atoms with van der Waals surface area (Å²) >= 11 is 0. The van der Waals surface area contributed by atoms with E-state index in [1.807, 2.05) is 0 Å². The van der Waals surface area contributed by atoms with Crippen LogP contribution in [-0.2, 0) is 38.0 Å². The number of hydrogen-bond acceptors (Lipinski definition) is 17. The van der Waals surface area contributed by atoms with Crippen molar-refractivity contribution in [2.75, 3.05) is 39.6 Å². The number of amides is 1. The highest BCUT2D eigenvalue weighted by Crippen LogP contribution is 2.33. The van der Waals surface area contributed by atoms with E-state index in [0.29, 0.717) is 6.61 Å². The first-order valence-corrected chi connectivity index (χ1v) is 16.7. The summed E-state index contributed by atoms with van der Waals surface area (Å²) in [6.07, 6.45) is -15.8. The van der Waals surface area contributed by atoms with E-state index in [4.69, 9.17) is 38.9 Å². The van der Waals surface area contributed by atoms with Gasteiger partial charge in [0.2, 0.25) is 5.91 Å². The lowest BCUT2D eigenvalue weighted by atomic mass is 9.95. The van der Waals surface area contributed by atoms with Crippen LogP contribution < -0.4 is 11.1 Å². The van der Waals surface area contributed by atoms with Crippen molar-refractivity contribution >= 4 is 5.91 Å². The zero-order chi connectivity index (χ0) is 35.4. The van der Waals surface area contributed by atoms with E-state index in [0.717, 1.165) is 38.5 Å². The molecule has 3 aliphatic rings. The fraction of sp³-hybridized carbons (Fsp3) is 0.967. The van der Waals surface area contributed by atoms with Crippen LogP contribution >= 0.6 is 0 Å². The Morgan fingerprint density at radius 3 is 1.90 bits per heavy atom. The van der Waals surface area contributed by atoms with Crippen molar-refractivity contribution in [1.29, 1.82) is 0 Å². The number of hydrogen-bond donors (Lipinski definition) is 10. The summed E-state index contributed by atoms with van der Waals surface area (Å²) in [5.74, 6) is -0.488. The molecule has 18 heteroatoms. The van der Waals surface area contributed by atoms with Crippen LogP contribution in [0.25, 0.3) is 0 Å². The highest BCUT2D eigenvalue weighted by molar-refractivity contribution is 5.73. The van der Waals surface area contributed by atoms with Crippen LogP contribution in [0.3, 0.4) is 0 Å². The van der Waals surface area contributed by atoms with Crippen molar-refractivity contribution in [2.45, 2.75) is 144 Å². The summed E-state index contributed by atoms with van der Waals surface area (Å²) in [5.41, 5.74) is 5.58. The molecule has 0 aliphatic carbocycles. The van der Waals surface area contributed by atoms with Crippen molar-refractivity contribution in [3.8, 4) is 0 Å². The van der Waals surface area contributed by atoms with Crippen LogP contribution in [0.2, 0.25) is 0 Å². The number of rotatable bonds is 19. The second-order valence-corrected chi connectivity index (χ2v) is 12.4. The number of aliphatic hydroxyl groups is 8. The first-order valence-electron chi connectivity index (χ1n) is 16.7. The lowest BCUT2D eigenvalue weighted by Gasteiger charge is -2.49. The van der Waals surface area contributed by atoms with Gasteiger partial charge in [0, 0.05) is 20.1 Å². The maximum Gasteiger partial charge on any atom is 0.217 e. The molecular weight excluding hydrogens is 644 g/mol. The number of carbonyl (C=O) groups is 1. The normalized spacial score (nSPS) is 40.5. The molecule has 3 heterocycles. The Morgan fingerprint density at radius 1 is 0.688 bits per heavy atom. The third-order valence-electron chi connectivity index (χ3n) is 8.62. The first-order chi connectivity index (χ1) is 23.0. The molecule has 3 saturated heterocycles. The molecule has 0 radical (unpaired) electrons. The number of ether oxygens (including phenoxy) is 7. The first kappa shape index (κ1) is 41.3. The molecule has 3 aliphatic heterocycles. The van der Waals surface area contributed by atoms with E-state index in [2.05, 4.69) is 12.2 Å². The average Bonchev–Trinajstić information content (AvgIpc) is 3.06. The lowest BCUT2D eigenvalue weighted by Crippen LogP contribution is -2.68. The zero-order valence-corrected chi connectivity index (χ0v) is 27.6. The molecule has 0 aromatic rings. The Hall–Kier alpha value is -1.17. The van der Waals surface area contributed by atoms with Gasteiger partial charge in [-0.3, -0.25) is 4.79 Å². The molecule has 0 bridgehead atoms. The van der Waals surface area contributed by atoms with Crippen LogP contribution in [0.5, 0.6) is 0 Å². The summed E-state index contributed by atoms with van der Waals surface area (Å²) in [6.45, 7) is 2.32. The summed E-state index contributed by atoms with van der Waals surface area (Å²) in [4.78, 5) is 12.2. The van der Waals surface area contributed by atoms with Crippen molar-refractivity contribution in [3.63, 3.8) is 0 Å². The Balaban J connectivity index is 1.79. The van der Waals surface area contributed by atoms with E-state index in [9.17, 15) is 45.6 Å². The van der Waals surface area contributed by atoms with Gasteiger partial charge < -0.3 is 85.1 Å². The van der Waals surface area contributed by atoms with Crippen molar-refractivity contribution < 1.29 is 78.8 Å². The Labute approximate surface area is 280 Å². The SMILES string of the molecule is CCCCCCCCO[C@@H]1O[C@H](COCCN)[C@@H](O[C@@H]2O[C@H](CO)[C@H](O)[C@H](O[C@H]3O[C@H](CO)[C@H](O)[C@H](O)[C@H]3O)[C@H]2O)[C@H](O)[C@H]1NC(C)=O. The van der Waals surface area contributed by atoms with Gasteiger partial charge >= 0.3 is 0 Å². The largest absolute Gasteiger partial charge is 0.394 e. The van der Waals surface area contributed by atoms with Gasteiger partial charge in [0.1, 0.15) is 73.2 Å². The summed E-state index contributed by atoms with van der Waals surface area (Å²) in [5, 5.41) is 86.6. The molecule has 0 aromatic heterocycles. The topological polar surface area (TPSA) is 282 Å². The molecule has 11 N–H and O–H groups in total. The average molecular weight is 701 g/mol. The monoisotopic (exact) mass is 700 g/mol. The number of carbonyl (C=O) groups excluding carboxylic acids is 1. The molecule has 3 fully saturated rings. The fourth-order valence-electron chi connectivity index (χ4n) is 5.93. The van der Waals surface area contributed by atoms with Crippen LogP contribution in [0.4, 0.5) is 0 Å². The van der Waals surface area contributed by atoms with Crippen LogP contribution in [0.1, 0.15) is 52.4 Å². The number of aliphatic hydroxyl groups excluding tert-OH is 8. The van der Waals surface area contributed by atoms with Crippen LogP contribution in [0, 0.1) is 0 Å². The maximum absolute atomic E-state index is 12.2. The molecule has 0 unspecified atom stereocenters. The van der Waals surface area contributed by atoms with Gasteiger partial charge in [0.15, 0.2) is 18.9 Å². The predicted molar refractivity (Wildman–Crippen MR) is 163 cm³/mol. The Kier molecular flexibility index (Phi) is 17.7. The minimum atomic E-state index is -1.87. The lowest BCUT2D eigenvalue weighted by molar-refractivity contribution is -0.376. The number of nitrogens with one attached hydrogen (secondary N) is 1. The third-order valence-corrected chi connectivity index (χ3v) is 8.62. The zero-order valence-electron chi connectivity index (χ0n) is 27.6. The minimum absolute atomic E-state index is 0.136. The number of unbranched alkanes of at least 4 members (excludes halogenated alkanes) is 5.